The van der Waals surface area contributed by atoms with Gasteiger partial charge in [-0.05, 0) is 42.8 Å². The lowest BCUT2D eigenvalue weighted by Gasteiger charge is -2.24. The second-order valence-corrected chi connectivity index (χ2v) is 7.52. The highest BCUT2D eigenvalue weighted by Crippen LogP contribution is 2.35. The van der Waals surface area contributed by atoms with Crippen LogP contribution in [0.5, 0.6) is 0 Å². The van der Waals surface area contributed by atoms with Crippen LogP contribution in [0, 0.1) is 12.7 Å². The molecule has 3 aromatic rings. The van der Waals surface area contributed by atoms with Crippen LogP contribution in [-0.2, 0) is 9.59 Å². The number of thiazole rings is 1. The smallest absolute Gasteiger partial charge is 0.234 e. The molecule has 0 bridgehead atoms. The number of hydrogen-bond donors (Lipinski definition) is 2. The minimum Gasteiger partial charge on any atom is -0.326 e. The number of nitrogens with zero attached hydrogens (tertiary/aromatic N) is 1. The van der Waals surface area contributed by atoms with E-state index in [1.807, 2.05) is 25.1 Å². The number of fused-ring (bicyclic) bond motifs is 1. The Bertz CT molecular complexity index is 1030. The number of para-hydroxylation sites is 1. The molecular formula is C20H16FN3O2S. The number of benzene rings is 2. The van der Waals surface area contributed by atoms with Gasteiger partial charge in [0.15, 0.2) is 5.13 Å². The summed E-state index contributed by atoms with van der Waals surface area (Å²) < 4.78 is 13.1. The number of amides is 2. The first-order valence-electron chi connectivity index (χ1n) is 8.44. The molecule has 0 saturated carbocycles. The van der Waals surface area contributed by atoms with Crippen molar-refractivity contribution in [2.45, 2.75) is 19.3 Å². The number of nitrogens with one attached hydrogen (secondary N) is 2. The summed E-state index contributed by atoms with van der Waals surface area (Å²) >= 11 is 1.35. The molecule has 1 atom stereocenters. The number of anilines is 2. The molecule has 5 nitrogen and oxygen atoms in total. The fraction of sp³-hybridized carbons (Fsp3) is 0.150. The molecule has 2 aromatic carbocycles. The first kappa shape index (κ1) is 17.4. The van der Waals surface area contributed by atoms with Crippen molar-refractivity contribution in [3.05, 3.63) is 64.8 Å². The monoisotopic (exact) mass is 381 g/mol. The van der Waals surface area contributed by atoms with E-state index in [9.17, 15) is 14.0 Å². The third kappa shape index (κ3) is 3.46. The number of carbonyl (C=O) groups is 2. The molecule has 2 heterocycles. The van der Waals surface area contributed by atoms with Crippen molar-refractivity contribution in [1.29, 1.82) is 0 Å². The lowest BCUT2D eigenvalue weighted by Crippen LogP contribution is -2.30. The van der Waals surface area contributed by atoms with E-state index in [4.69, 9.17) is 0 Å². The van der Waals surface area contributed by atoms with Crippen LogP contribution in [0.25, 0.3) is 11.3 Å². The highest BCUT2D eigenvalue weighted by atomic mass is 32.1. The van der Waals surface area contributed by atoms with E-state index < -0.39 is 5.92 Å². The predicted molar refractivity (Wildman–Crippen MR) is 103 cm³/mol. The summed E-state index contributed by atoms with van der Waals surface area (Å²) in [5, 5.41) is 6.07. The van der Waals surface area contributed by atoms with E-state index in [2.05, 4.69) is 15.6 Å². The molecule has 0 fully saturated rings. The van der Waals surface area contributed by atoms with Gasteiger partial charge < -0.3 is 10.6 Å². The van der Waals surface area contributed by atoms with Crippen LogP contribution in [0.15, 0.2) is 48.5 Å². The Hall–Kier alpha value is -3.06. The van der Waals surface area contributed by atoms with Crippen LogP contribution in [-0.4, -0.2) is 16.8 Å². The van der Waals surface area contributed by atoms with Gasteiger partial charge in [-0.1, -0.05) is 18.2 Å². The lowest BCUT2D eigenvalue weighted by molar-refractivity contribution is -0.123. The maximum Gasteiger partial charge on any atom is 0.234 e. The fourth-order valence-corrected chi connectivity index (χ4v) is 4.00. The van der Waals surface area contributed by atoms with Crippen molar-refractivity contribution >= 4 is 34.0 Å². The Kier molecular flexibility index (Phi) is 4.45. The first-order chi connectivity index (χ1) is 13.0. The number of aromatic nitrogens is 1. The maximum atomic E-state index is 13.1. The number of aryl methyl sites for hydroxylation is 1. The quantitative estimate of drug-likeness (QED) is 0.710. The summed E-state index contributed by atoms with van der Waals surface area (Å²) in [5.74, 6) is -1.32. The number of carbonyl (C=O) groups excluding carboxylic acids is 2. The summed E-state index contributed by atoms with van der Waals surface area (Å²) in [6.45, 7) is 1.90. The number of halogens is 1. The minimum atomic E-state index is -0.562. The zero-order valence-electron chi connectivity index (χ0n) is 14.5. The highest BCUT2D eigenvalue weighted by Gasteiger charge is 2.31. The lowest BCUT2D eigenvalue weighted by atomic mass is 9.90. The van der Waals surface area contributed by atoms with Gasteiger partial charge in [0.25, 0.3) is 0 Å². The summed E-state index contributed by atoms with van der Waals surface area (Å²) in [4.78, 5) is 30.1. The molecule has 4 rings (SSSR count). The van der Waals surface area contributed by atoms with Gasteiger partial charge in [0, 0.05) is 22.5 Å². The van der Waals surface area contributed by atoms with Gasteiger partial charge in [-0.2, -0.15) is 0 Å². The molecule has 1 aliphatic rings. The van der Waals surface area contributed by atoms with E-state index >= 15 is 0 Å². The first-order valence-corrected chi connectivity index (χ1v) is 9.26. The maximum absolute atomic E-state index is 13.1. The van der Waals surface area contributed by atoms with Gasteiger partial charge in [-0.15, -0.1) is 11.3 Å². The zero-order chi connectivity index (χ0) is 19.0. The molecule has 0 spiro atoms. The van der Waals surface area contributed by atoms with E-state index in [-0.39, 0.29) is 24.1 Å². The number of hydrogen-bond acceptors (Lipinski definition) is 4. The molecular weight excluding hydrogens is 365 g/mol. The highest BCUT2D eigenvalue weighted by molar-refractivity contribution is 7.16. The molecule has 136 valence electrons. The van der Waals surface area contributed by atoms with E-state index in [0.29, 0.717) is 16.5 Å². The molecule has 2 amide bonds. The molecule has 1 unspecified atom stereocenters. The molecule has 0 saturated heterocycles. The SMILES string of the molecule is Cc1sc(NC(=O)C2CC(=O)Nc3ccccc32)nc1-c1ccc(F)cc1. The topological polar surface area (TPSA) is 71.1 Å². The Morgan fingerprint density at radius 1 is 1.22 bits per heavy atom. The van der Waals surface area contributed by atoms with Crippen molar-refractivity contribution in [1.82, 2.24) is 4.98 Å². The van der Waals surface area contributed by atoms with Crippen LogP contribution in [0.2, 0.25) is 0 Å². The van der Waals surface area contributed by atoms with Gasteiger partial charge >= 0.3 is 0 Å². The van der Waals surface area contributed by atoms with Crippen LogP contribution >= 0.6 is 11.3 Å². The normalized spacial score (nSPS) is 15.8. The average molecular weight is 381 g/mol. The van der Waals surface area contributed by atoms with Crippen LogP contribution in [0.4, 0.5) is 15.2 Å². The minimum absolute atomic E-state index is 0.0953. The predicted octanol–water partition coefficient (Wildman–Crippen LogP) is 4.32. The third-order valence-electron chi connectivity index (χ3n) is 4.46. The number of rotatable bonds is 3. The molecule has 27 heavy (non-hydrogen) atoms. The second kappa shape index (κ2) is 6.92. The van der Waals surface area contributed by atoms with E-state index in [1.165, 1.54) is 23.5 Å². The van der Waals surface area contributed by atoms with Gasteiger partial charge in [0.1, 0.15) is 5.82 Å². The Morgan fingerprint density at radius 3 is 2.74 bits per heavy atom. The van der Waals surface area contributed by atoms with E-state index in [0.717, 1.165) is 16.0 Å². The third-order valence-corrected chi connectivity index (χ3v) is 5.35. The largest absolute Gasteiger partial charge is 0.326 e. The molecule has 1 aromatic heterocycles. The summed E-state index contributed by atoms with van der Waals surface area (Å²) in [7, 11) is 0. The summed E-state index contributed by atoms with van der Waals surface area (Å²) in [5.41, 5.74) is 2.95. The van der Waals surface area contributed by atoms with Gasteiger partial charge in [0.05, 0.1) is 11.6 Å². The molecule has 7 heteroatoms. The second-order valence-electron chi connectivity index (χ2n) is 6.31. The molecule has 2 N–H and O–H groups in total. The zero-order valence-corrected chi connectivity index (χ0v) is 15.3. The van der Waals surface area contributed by atoms with Gasteiger partial charge in [-0.25, -0.2) is 9.37 Å². The molecule has 1 aliphatic heterocycles. The Morgan fingerprint density at radius 2 is 1.96 bits per heavy atom. The van der Waals surface area contributed by atoms with Crippen LogP contribution < -0.4 is 10.6 Å². The van der Waals surface area contributed by atoms with Crippen molar-refractivity contribution in [3.63, 3.8) is 0 Å². The van der Waals surface area contributed by atoms with E-state index in [1.54, 1.807) is 18.2 Å². The summed E-state index contributed by atoms with van der Waals surface area (Å²) in [6, 6.07) is 13.4. The molecule has 0 aliphatic carbocycles. The Labute approximate surface area is 159 Å². The van der Waals surface area contributed by atoms with Crippen molar-refractivity contribution in [2.75, 3.05) is 10.6 Å². The van der Waals surface area contributed by atoms with Crippen molar-refractivity contribution in [3.8, 4) is 11.3 Å². The standard InChI is InChI=1S/C20H16FN3O2S/c1-11-18(12-6-8-13(21)9-7-12)23-20(27-11)24-19(26)15-10-17(25)22-16-5-3-2-4-14(15)16/h2-9,15H,10H2,1H3,(H,22,25)(H,23,24,26). The fourth-order valence-electron chi connectivity index (χ4n) is 3.16. The van der Waals surface area contributed by atoms with Gasteiger partial charge in [-0.3, -0.25) is 9.59 Å². The van der Waals surface area contributed by atoms with Crippen LogP contribution in [0.1, 0.15) is 22.8 Å². The summed E-state index contributed by atoms with van der Waals surface area (Å²) in [6.07, 6.45) is 0.0953. The van der Waals surface area contributed by atoms with Crippen LogP contribution in [0.3, 0.4) is 0 Å². The van der Waals surface area contributed by atoms with Crippen molar-refractivity contribution in [2.24, 2.45) is 0 Å². The van der Waals surface area contributed by atoms with Crippen molar-refractivity contribution < 1.29 is 14.0 Å². The molecule has 0 radical (unpaired) electrons. The Balaban J connectivity index is 1.58. The van der Waals surface area contributed by atoms with Gasteiger partial charge in [0.2, 0.25) is 11.8 Å². The average Bonchev–Trinajstić information content (AvgIpc) is 3.01.